The molecule has 3 rings (SSSR count). The predicted octanol–water partition coefficient (Wildman–Crippen LogP) is 0.984. The Balaban J connectivity index is 2.12. The van der Waals surface area contributed by atoms with Crippen molar-refractivity contribution < 1.29 is 0 Å². The number of nitrogens with one attached hydrogen (secondary N) is 2. The van der Waals surface area contributed by atoms with Crippen LogP contribution in [0.5, 0.6) is 0 Å². The van der Waals surface area contributed by atoms with Gasteiger partial charge in [0.2, 0.25) is 0 Å². The molecule has 0 aliphatic carbocycles. The van der Waals surface area contributed by atoms with Crippen LogP contribution >= 0.6 is 0 Å². The maximum Gasteiger partial charge on any atom is 0.156 e. The van der Waals surface area contributed by atoms with Crippen LogP contribution in [0.3, 0.4) is 0 Å². The molecule has 1 aliphatic heterocycles. The zero-order valence-electron chi connectivity index (χ0n) is 10.2. The number of anilines is 1. The van der Waals surface area contributed by atoms with Gasteiger partial charge in [0.15, 0.2) is 5.82 Å². The van der Waals surface area contributed by atoms with Crippen molar-refractivity contribution in [3.05, 3.63) is 17.6 Å². The van der Waals surface area contributed by atoms with Crippen LogP contribution in [0.4, 0.5) is 5.82 Å². The first-order chi connectivity index (χ1) is 8.24. The van der Waals surface area contributed by atoms with Gasteiger partial charge in [0.1, 0.15) is 11.3 Å². The molecule has 0 saturated carbocycles. The minimum atomic E-state index is 0.838. The molecule has 0 spiro atoms. The molecule has 0 amide bonds. The highest BCUT2D eigenvalue weighted by Crippen LogP contribution is 2.24. The lowest BCUT2D eigenvalue weighted by Crippen LogP contribution is -2.44. The zero-order valence-corrected chi connectivity index (χ0v) is 10.2. The fourth-order valence-corrected chi connectivity index (χ4v) is 2.35. The van der Waals surface area contributed by atoms with E-state index in [1.165, 1.54) is 0 Å². The summed E-state index contributed by atoms with van der Waals surface area (Å²) in [5, 5.41) is 3.36. The minimum Gasteiger partial charge on any atom is -0.354 e. The normalized spacial score (nSPS) is 16.7. The fraction of sp³-hybridized carbons (Fsp3) is 0.500. The van der Waals surface area contributed by atoms with Crippen LogP contribution in [0.1, 0.15) is 11.5 Å². The van der Waals surface area contributed by atoms with Gasteiger partial charge in [-0.1, -0.05) is 0 Å². The Labute approximate surface area is 100 Å². The molecule has 1 saturated heterocycles. The van der Waals surface area contributed by atoms with Gasteiger partial charge in [-0.05, 0) is 19.9 Å². The molecule has 1 aliphatic rings. The number of aryl methyl sites for hydroxylation is 2. The van der Waals surface area contributed by atoms with Crippen molar-refractivity contribution in [2.45, 2.75) is 13.8 Å². The van der Waals surface area contributed by atoms with E-state index in [-0.39, 0.29) is 0 Å². The van der Waals surface area contributed by atoms with Crippen LogP contribution in [0.15, 0.2) is 6.07 Å². The molecule has 1 fully saturated rings. The molecule has 2 aromatic rings. The number of rotatable bonds is 1. The average Bonchev–Trinajstić information content (AvgIpc) is 2.69. The van der Waals surface area contributed by atoms with Crippen LogP contribution in [-0.4, -0.2) is 41.1 Å². The zero-order chi connectivity index (χ0) is 11.8. The van der Waals surface area contributed by atoms with Crippen molar-refractivity contribution in [3.63, 3.8) is 0 Å². The van der Waals surface area contributed by atoms with Gasteiger partial charge in [0.25, 0.3) is 0 Å². The summed E-state index contributed by atoms with van der Waals surface area (Å²) in [6.07, 6.45) is 0. The summed E-state index contributed by atoms with van der Waals surface area (Å²) in [6, 6.07) is 2.08. The van der Waals surface area contributed by atoms with Gasteiger partial charge in [-0.2, -0.15) is 0 Å². The van der Waals surface area contributed by atoms with Crippen LogP contribution in [-0.2, 0) is 0 Å². The van der Waals surface area contributed by atoms with Crippen LogP contribution in [0.25, 0.3) is 11.0 Å². The molecule has 90 valence electrons. The molecule has 0 aromatic carbocycles. The van der Waals surface area contributed by atoms with Crippen LogP contribution in [0.2, 0.25) is 0 Å². The smallest absolute Gasteiger partial charge is 0.156 e. The van der Waals surface area contributed by atoms with E-state index in [0.717, 1.165) is 54.5 Å². The van der Waals surface area contributed by atoms with Crippen molar-refractivity contribution in [2.24, 2.45) is 0 Å². The number of nitrogens with zero attached hydrogens (tertiary/aromatic N) is 3. The Bertz CT molecular complexity index is 539. The first-order valence-corrected chi connectivity index (χ1v) is 6.03. The number of piperazine rings is 1. The maximum atomic E-state index is 4.59. The van der Waals surface area contributed by atoms with E-state index in [1.807, 2.05) is 6.92 Å². The van der Waals surface area contributed by atoms with Gasteiger partial charge in [-0.15, -0.1) is 0 Å². The van der Waals surface area contributed by atoms with E-state index >= 15 is 0 Å². The molecule has 3 heterocycles. The topological polar surface area (TPSA) is 56.8 Å². The third kappa shape index (κ3) is 1.86. The third-order valence-electron chi connectivity index (χ3n) is 3.12. The van der Waals surface area contributed by atoms with Crippen molar-refractivity contribution in [1.82, 2.24) is 20.3 Å². The first kappa shape index (κ1) is 10.5. The van der Waals surface area contributed by atoms with Gasteiger partial charge in [-0.25, -0.2) is 9.97 Å². The summed E-state index contributed by atoms with van der Waals surface area (Å²) in [7, 11) is 0. The highest BCUT2D eigenvalue weighted by molar-refractivity contribution is 5.87. The van der Waals surface area contributed by atoms with E-state index in [2.05, 4.69) is 38.2 Å². The van der Waals surface area contributed by atoms with E-state index in [4.69, 9.17) is 0 Å². The van der Waals surface area contributed by atoms with Gasteiger partial charge >= 0.3 is 0 Å². The van der Waals surface area contributed by atoms with Gasteiger partial charge < -0.3 is 15.2 Å². The summed E-state index contributed by atoms with van der Waals surface area (Å²) in [5.41, 5.74) is 3.22. The Morgan fingerprint density at radius 3 is 2.71 bits per heavy atom. The lowest BCUT2D eigenvalue weighted by atomic mass is 10.3. The van der Waals surface area contributed by atoms with E-state index in [0.29, 0.717) is 0 Å². The van der Waals surface area contributed by atoms with E-state index in [1.54, 1.807) is 0 Å². The Morgan fingerprint density at radius 1 is 1.18 bits per heavy atom. The van der Waals surface area contributed by atoms with E-state index < -0.39 is 0 Å². The number of aromatic amines is 1. The number of aromatic nitrogens is 3. The first-order valence-electron chi connectivity index (χ1n) is 6.03. The van der Waals surface area contributed by atoms with Crippen molar-refractivity contribution in [1.29, 1.82) is 0 Å². The summed E-state index contributed by atoms with van der Waals surface area (Å²) >= 11 is 0. The SMILES string of the molecule is Cc1nc(N2CCNCC2)c2[nH]c(C)cc2n1. The van der Waals surface area contributed by atoms with E-state index in [9.17, 15) is 0 Å². The lowest BCUT2D eigenvalue weighted by molar-refractivity contribution is 0.585. The number of hydrogen-bond donors (Lipinski definition) is 2. The second kappa shape index (κ2) is 4.00. The molecule has 2 N–H and O–H groups in total. The lowest BCUT2D eigenvalue weighted by Gasteiger charge is -2.28. The average molecular weight is 231 g/mol. The second-order valence-electron chi connectivity index (χ2n) is 4.54. The quantitative estimate of drug-likeness (QED) is 0.768. The van der Waals surface area contributed by atoms with Gasteiger partial charge in [0, 0.05) is 31.9 Å². The van der Waals surface area contributed by atoms with Gasteiger partial charge in [-0.3, -0.25) is 0 Å². The predicted molar refractivity (Wildman–Crippen MR) is 68.4 cm³/mol. The molecule has 0 radical (unpaired) electrons. The molecule has 17 heavy (non-hydrogen) atoms. The summed E-state index contributed by atoms with van der Waals surface area (Å²) in [6.45, 7) is 8.05. The maximum absolute atomic E-state index is 4.59. The van der Waals surface area contributed by atoms with Gasteiger partial charge in [0.05, 0.1) is 5.52 Å². The summed E-state index contributed by atoms with van der Waals surface area (Å²) in [5.74, 6) is 1.88. The largest absolute Gasteiger partial charge is 0.354 e. The molecule has 0 bridgehead atoms. The minimum absolute atomic E-state index is 0.838. The summed E-state index contributed by atoms with van der Waals surface area (Å²) in [4.78, 5) is 14.7. The Hall–Kier alpha value is -1.62. The monoisotopic (exact) mass is 231 g/mol. The second-order valence-corrected chi connectivity index (χ2v) is 4.54. The number of fused-ring (bicyclic) bond motifs is 1. The molecule has 5 nitrogen and oxygen atoms in total. The van der Waals surface area contributed by atoms with Crippen molar-refractivity contribution in [3.8, 4) is 0 Å². The van der Waals surface area contributed by atoms with Crippen LogP contribution < -0.4 is 10.2 Å². The third-order valence-corrected chi connectivity index (χ3v) is 3.12. The molecular formula is C12H17N5. The Morgan fingerprint density at radius 2 is 1.94 bits per heavy atom. The highest BCUT2D eigenvalue weighted by atomic mass is 15.2. The molecule has 0 atom stereocenters. The molecule has 2 aromatic heterocycles. The number of H-pyrrole nitrogens is 1. The fourth-order valence-electron chi connectivity index (χ4n) is 2.35. The standard InChI is InChI=1S/C12H17N5/c1-8-7-10-11(14-8)12(16-9(2)15-10)17-5-3-13-4-6-17/h7,13-14H,3-6H2,1-2H3. The highest BCUT2D eigenvalue weighted by Gasteiger charge is 2.17. The molecule has 0 unspecified atom stereocenters. The number of hydrogen-bond acceptors (Lipinski definition) is 4. The molecule has 5 heteroatoms. The van der Waals surface area contributed by atoms with Crippen molar-refractivity contribution >= 4 is 16.9 Å². The summed E-state index contributed by atoms with van der Waals surface area (Å²) < 4.78 is 0. The molecular weight excluding hydrogens is 214 g/mol. The Kier molecular flexibility index (Phi) is 2.48. The van der Waals surface area contributed by atoms with Crippen molar-refractivity contribution in [2.75, 3.05) is 31.1 Å². The van der Waals surface area contributed by atoms with Crippen LogP contribution in [0, 0.1) is 13.8 Å².